The molecular weight excluding hydrogens is 260 g/mol. The van der Waals surface area contributed by atoms with Crippen LogP contribution in [0.4, 0.5) is 0 Å². The lowest BCUT2D eigenvalue weighted by Gasteiger charge is -2.46. The molecule has 0 aromatic rings. The predicted molar refractivity (Wildman–Crippen MR) is 86.0 cm³/mol. The number of rotatable bonds is 5. The lowest BCUT2D eigenvalue weighted by molar-refractivity contribution is -0.120. The Labute approximate surface area is 129 Å². The molecule has 1 saturated carbocycles. The zero-order valence-corrected chi connectivity index (χ0v) is 14.3. The Balaban J connectivity index is 2.06. The second-order valence-corrected chi connectivity index (χ2v) is 8.46. The molecular formula is C19H30O2. The van der Waals surface area contributed by atoms with Crippen LogP contribution in [-0.2, 0) is 9.59 Å². The van der Waals surface area contributed by atoms with Crippen LogP contribution in [0.1, 0.15) is 73.1 Å². The summed E-state index contributed by atoms with van der Waals surface area (Å²) in [5.74, 6) is 0.902. The Kier molecular flexibility index (Phi) is 4.46. The highest BCUT2D eigenvalue weighted by molar-refractivity contribution is 5.98. The van der Waals surface area contributed by atoms with Crippen LogP contribution in [0.5, 0.6) is 0 Å². The Morgan fingerprint density at radius 1 is 1.33 bits per heavy atom. The number of carbonyl (C=O) groups excluding carboxylic acids is 2. The van der Waals surface area contributed by atoms with Gasteiger partial charge in [0.1, 0.15) is 5.78 Å². The highest BCUT2D eigenvalue weighted by Crippen LogP contribution is 2.57. The number of Topliss-reactive ketones (excluding diaryl/α,β-unsaturated/α-hetero) is 2. The van der Waals surface area contributed by atoms with Gasteiger partial charge in [-0.15, -0.1) is 0 Å². The zero-order valence-electron chi connectivity index (χ0n) is 14.3. The summed E-state index contributed by atoms with van der Waals surface area (Å²) in [5, 5.41) is 0. The molecule has 118 valence electrons. The van der Waals surface area contributed by atoms with Crippen molar-refractivity contribution in [1.29, 1.82) is 0 Å². The molecule has 2 nitrogen and oxygen atoms in total. The molecule has 0 aliphatic heterocycles. The van der Waals surface area contributed by atoms with Gasteiger partial charge in [-0.3, -0.25) is 4.79 Å². The molecule has 21 heavy (non-hydrogen) atoms. The van der Waals surface area contributed by atoms with Crippen LogP contribution in [0.2, 0.25) is 0 Å². The van der Waals surface area contributed by atoms with Gasteiger partial charge in [0.2, 0.25) is 0 Å². The molecule has 0 spiro atoms. The van der Waals surface area contributed by atoms with Crippen LogP contribution >= 0.6 is 0 Å². The van der Waals surface area contributed by atoms with E-state index in [9.17, 15) is 9.59 Å². The highest BCUT2D eigenvalue weighted by Gasteiger charge is 2.48. The Hall–Kier alpha value is -0.920. The first-order valence-electron chi connectivity index (χ1n) is 8.38. The minimum atomic E-state index is -0.0163. The van der Waals surface area contributed by atoms with Crippen molar-refractivity contribution in [3.63, 3.8) is 0 Å². The summed E-state index contributed by atoms with van der Waals surface area (Å²) in [6.45, 7) is 10.6. The standard InChI is InChI=1S/C19H30O2/c1-13(6-7-14(2)20)17(21)15-8-11-19(5)12-18(3,4)10-9-16(15)19/h8,13,16H,6-7,9-12H2,1-5H3/t13-,16-,19-/m1/s1. The lowest BCUT2D eigenvalue weighted by Crippen LogP contribution is -2.37. The topological polar surface area (TPSA) is 34.1 Å². The monoisotopic (exact) mass is 290 g/mol. The number of allylic oxidation sites excluding steroid dienone is 2. The molecule has 2 aliphatic rings. The van der Waals surface area contributed by atoms with Crippen LogP contribution in [-0.4, -0.2) is 11.6 Å². The molecule has 0 saturated heterocycles. The third-order valence-electron chi connectivity index (χ3n) is 5.66. The fourth-order valence-corrected chi connectivity index (χ4v) is 4.53. The lowest BCUT2D eigenvalue weighted by atomic mass is 9.58. The van der Waals surface area contributed by atoms with Crippen molar-refractivity contribution in [3.05, 3.63) is 11.6 Å². The van der Waals surface area contributed by atoms with Gasteiger partial charge in [0, 0.05) is 12.3 Å². The van der Waals surface area contributed by atoms with E-state index in [1.54, 1.807) is 6.92 Å². The summed E-state index contributed by atoms with van der Waals surface area (Å²) >= 11 is 0. The number of carbonyl (C=O) groups is 2. The summed E-state index contributed by atoms with van der Waals surface area (Å²) in [4.78, 5) is 23.9. The Bertz CT molecular complexity index is 472. The molecule has 2 heteroatoms. The molecule has 1 fully saturated rings. The first-order valence-corrected chi connectivity index (χ1v) is 8.38. The molecule has 0 aromatic heterocycles. The van der Waals surface area contributed by atoms with E-state index in [1.165, 1.54) is 12.8 Å². The Morgan fingerprint density at radius 2 is 2.00 bits per heavy atom. The van der Waals surface area contributed by atoms with Crippen molar-refractivity contribution in [3.8, 4) is 0 Å². The number of fused-ring (bicyclic) bond motifs is 1. The molecule has 0 bridgehead atoms. The largest absolute Gasteiger partial charge is 0.300 e. The summed E-state index contributed by atoms with van der Waals surface area (Å²) in [7, 11) is 0. The molecule has 0 N–H and O–H groups in total. The maximum atomic E-state index is 12.7. The van der Waals surface area contributed by atoms with E-state index in [0.717, 1.165) is 18.4 Å². The van der Waals surface area contributed by atoms with E-state index in [4.69, 9.17) is 0 Å². The molecule has 0 heterocycles. The fourth-order valence-electron chi connectivity index (χ4n) is 4.53. The third kappa shape index (κ3) is 3.46. The molecule has 0 amide bonds. The van der Waals surface area contributed by atoms with Gasteiger partial charge >= 0.3 is 0 Å². The summed E-state index contributed by atoms with van der Waals surface area (Å²) in [5.41, 5.74) is 1.74. The molecule has 0 aromatic carbocycles. The van der Waals surface area contributed by atoms with Crippen molar-refractivity contribution in [2.24, 2.45) is 22.7 Å². The van der Waals surface area contributed by atoms with Crippen molar-refractivity contribution >= 4 is 11.6 Å². The summed E-state index contributed by atoms with van der Waals surface area (Å²) in [6, 6.07) is 0. The normalized spacial score (nSPS) is 32.2. The van der Waals surface area contributed by atoms with E-state index in [1.807, 2.05) is 6.92 Å². The minimum absolute atomic E-state index is 0.0163. The third-order valence-corrected chi connectivity index (χ3v) is 5.66. The second-order valence-electron chi connectivity index (χ2n) is 8.46. The number of hydrogen-bond acceptors (Lipinski definition) is 2. The van der Waals surface area contributed by atoms with Crippen LogP contribution < -0.4 is 0 Å². The molecule has 3 atom stereocenters. The number of hydrogen-bond donors (Lipinski definition) is 0. The fraction of sp³-hybridized carbons (Fsp3) is 0.789. The molecule has 0 unspecified atom stereocenters. The Morgan fingerprint density at radius 3 is 2.62 bits per heavy atom. The number of ketones is 2. The summed E-state index contributed by atoms with van der Waals surface area (Å²) < 4.78 is 0. The second kappa shape index (κ2) is 5.70. The van der Waals surface area contributed by atoms with Crippen molar-refractivity contribution in [2.75, 3.05) is 0 Å². The average Bonchev–Trinajstić information content (AvgIpc) is 2.69. The van der Waals surface area contributed by atoms with Crippen molar-refractivity contribution in [2.45, 2.75) is 73.1 Å². The quantitative estimate of drug-likeness (QED) is 0.734. The highest BCUT2D eigenvalue weighted by atomic mass is 16.1. The van der Waals surface area contributed by atoms with Gasteiger partial charge in [-0.05, 0) is 61.3 Å². The maximum absolute atomic E-state index is 12.7. The van der Waals surface area contributed by atoms with E-state index in [2.05, 4.69) is 26.8 Å². The van der Waals surface area contributed by atoms with Gasteiger partial charge in [0.15, 0.2) is 5.78 Å². The van der Waals surface area contributed by atoms with Gasteiger partial charge in [-0.25, -0.2) is 0 Å². The smallest absolute Gasteiger partial charge is 0.161 e. The van der Waals surface area contributed by atoms with Crippen molar-refractivity contribution < 1.29 is 9.59 Å². The molecule has 2 rings (SSSR count). The van der Waals surface area contributed by atoms with Crippen LogP contribution in [0.3, 0.4) is 0 Å². The molecule has 0 radical (unpaired) electrons. The minimum Gasteiger partial charge on any atom is -0.300 e. The van der Waals surface area contributed by atoms with Gasteiger partial charge < -0.3 is 4.79 Å². The maximum Gasteiger partial charge on any atom is 0.161 e. The zero-order chi connectivity index (χ0) is 15.8. The van der Waals surface area contributed by atoms with E-state index >= 15 is 0 Å². The van der Waals surface area contributed by atoms with Crippen LogP contribution in [0.15, 0.2) is 11.6 Å². The van der Waals surface area contributed by atoms with Crippen molar-refractivity contribution in [1.82, 2.24) is 0 Å². The van der Waals surface area contributed by atoms with E-state index in [0.29, 0.717) is 30.0 Å². The van der Waals surface area contributed by atoms with E-state index < -0.39 is 0 Å². The van der Waals surface area contributed by atoms with Crippen LogP contribution in [0, 0.1) is 22.7 Å². The summed E-state index contributed by atoms with van der Waals surface area (Å²) in [6.07, 6.45) is 8.02. The SMILES string of the molecule is CC(=O)CC[C@@H](C)C(=O)C1=CC[C@]2(C)CC(C)(C)CC[C@H]12. The van der Waals surface area contributed by atoms with Gasteiger partial charge in [-0.1, -0.05) is 33.8 Å². The molecule has 2 aliphatic carbocycles. The van der Waals surface area contributed by atoms with Gasteiger partial charge in [0.25, 0.3) is 0 Å². The van der Waals surface area contributed by atoms with Crippen LogP contribution in [0.25, 0.3) is 0 Å². The van der Waals surface area contributed by atoms with E-state index in [-0.39, 0.29) is 17.1 Å². The van der Waals surface area contributed by atoms with Gasteiger partial charge in [-0.2, -0.15) is 0 Å². The average molecular weight is 290 g/mol. The van der Waals surface area contributed by atoms with Gasteiger partial charge in [0.05, 0.1) is 0 Å². The predicted octanol–water partition coefficient (Wildman–Crippen LogP) is 4.72. The first-order chi connectivity index (χ1) is 9.65. The first kappa shape index (κ1) is 16.5.